The van der Waals surface area contributed by atoms with E-state index in [-0.39, 0.29) is 5.78 Å². The average Bonchev–Trinajstić information content (AvgIpc) is 2.86. The molecule has 0 fully saturated rings. The van der Waals surface area contributed by atoms with Gasteiger partial charge in [-0.25, -0.2) is 4.98 Å². The molecule has 0 amide bonds. The van der Waals surface area contributed by atoms with Crippen LogP contribution in [0, 0.1) is 6.92 Å². The molecule has 2 aromatic rings. The van der Waals surface area contributed by atoms with Crippen LogP contribution in [0.25, 0.3) is 0 Å². The monoisotopic (exact) mass is 313 g/mol. The molecule has 2 aromatic heterocycles. The Morgan fingerprint density at radius 3 is 2.94 bits per heavy atom. The van der Waals surface area contributed by atoms with E-state index in [0.717, 1.165) is 23.1 Å². The van der Waals surface area contributed by atoms with E-state index >= 15 is 0 Å². The first kappa shape index (κ1) is 12.4. The number of aromatic nitrogens is 3. The molecule has 0 aliphatic heterocycles. The van der Waals surface area contributed by atoms with E-state index in [4.69, 9.17) is 0 Å². The first-order valence-corrected chi connectivity index (χ1v) is 6.98. The number of hydrogen-bond acceptors (Lipinski definition) is 4. The number of carbonyl (C=O) groups excluding carboxylic acids is 1. The fourth-order valence-electron chi connectivity index (χ4n) is 1.60. The fourth-order valence-corrected chi connectivity index (χ4v) is 2.82. The smallest absolute Gasteiger partial charge is 0.223 e. The number of carbonyl (C=O) groups is 1. The van der Waals surface area contributed by atoms with Gasteiger partial charge in [0.1, 0.15) is 5.69 Å². The highest BCUT2D eigenvalue weighted by atomic mass is 79.9. The zero-order valence-electron chi connectivity index (χ0n) is 9.61. The lowest BCUT2D eigenvalue weighted by molar-refractivity contribution is 0.103. The van der Waals surface area contributed by atoms with Crippen molar-refractivity contribution in [1.29, 1.82) is 0 Å². The molecule has 0 spiro atoms. The van der Waals surface area contributed by atoms with Gasteiger partial charge in [-0.3, -0.25) is 9.48 Å². The summed E-state index contributed by atoms with van der Waals surface area (Å²) in [5.41, 5.74) is 3.08. The number of hydrogen-bond donors (Lipinski definition) is 0. The quantitative estimate of drug-likeness (QED) is 0.815. The van der Waals surface area contributed by atoms with Crippen molar-refractivity contribution in [2.75, 3.05) is 0 Å². The molecule has 90 valence electrons. The Bertz CT molecular complexity index is 547. The molecule has 6 heteroatoms. The molecule has 17 heavy (non-hydrogen) atoms. The van der Waals surface area contributed by atoms with E-state index in [2.05, 4.69) is 32.9 Å². The van der Waals surface area contributed by atoms with Crippen LogP contribution in [0.15, 0.2) is 16.2 Å². The number of ketones is 1. The SMILES string of the molecule is CCCn1ncc(Br)c1C(=O)c1scnc1C. The number of nitrogens with zero attached hydrogens (tertiary/aromatic N) is 3. The van der Waals surface area contributed by atoms with Gasteiger partial charge in [0.25, 0.3) is 0 Å². The fraction of sp³-hybridized carbons (Fsp3) is 0.364. The van der Waals surface area contributed by atoms with Crippen molar-refractivity contribution < 1.29 is 4.79 Å². The van der Waals surface area contributed by atoms with Gasteiger partial charge in [0.15, 0.2) is 0 Å². The number of rotatable bonds is 4. The third-order valence-corrected chi connectivity index (χ3v) is 3.90. The predicted molar refractivity (Wildman–Crippen MR) is 70.5 cm³/mol. The molecule has 0 saturated carbocycles. The second kappa shape index (κ2) is 5.10. The first-order valence-electron chi connectivity index (χ1n) is 5.31. The normalized spacial score (nSPS) is 10.8. The summed E-state index contributed by atoms with van der Waals surface area (Å²) in [5.74, 6) is -0.0113. The van der Waals surface area contributed by atoms with E-state index in [1.54, 1.807) is 16.4 Å². The minimum absolute atomic E-state index is 0.0113. The molecule has 0 aromatic carbocycles. The summed E-state index contributed by atoms with van der Waals surface area (Å²) in [4.78, 5) is 17.2. The zero-order chi connectivity index (χ0) is 12.4. The largest absolute Gasteiger partial charge is 0.286 e. The maximum absolute atomic E-state index is 12.4. The van der Waals surface area contributed by atoms with E-state index < -0.39 is 0 Å². The average molecular weight is 314 g/mol. The van der Waals surface area contributed by atoms with E-state index in [9.17, 15) is 4.79 Å². The minimum atomic E-state index is -0.0113. The molecule has 0 N–H and O–H groups in total. The van der Waals surface area contributed by atoms with Gasteiger partial charge < -0.3 is 0 Å². The van der Waals surface area contributed by atoms with Gasteiger partial charge in [0.05, 0.1) is 26.8 Å². The summed E-state index contributed by atoms with van der Waals surface area (Å²) >= 11 is 4.75. The Morgan fingerprint density at radius 1 is 1.59 bits per heavy atom. The molecule has 0 unspecified atom stereocenters. The lowest BCUT2D eigenvalue weighted by Crippen LogP contribution is -2.12. The molecule has 2 rings (SSSR count). The van der Waals surface area contributed by atoms with Crippen LogP contribution in [0.4, 0.5) is 0 Å². The lowest BCUT2D eigenvalue weighted by Gasteiger charge is -2.05. The summed E-state index contributed by atoms with van der Waals surface area (Å²) in [7, 11) is 0. The van der Waals surface area contributed by atoms with Gasteiger partial charge >= 0.3 is 0 Å². The Balaban J connectivity index is 2.43. The summed E-state index contributed by atoms with van der Waals surface area (Å²) in [5, 5.41) is 4.20. The maximum Gasteiger partial charge on any atom is 0.223 e. The molecule has 2 heterocycles. The van der Waals surface area contributed by atoms with Crippen molar-refractivity contribution in [2.45, 2.75) is 26.8 Å². The van der Waals surface area contributed by atoms with Crippen LogP contribution in [0.2, 0.25) is 0 Å². The molecular formula is C11H12BrN3OS. The van der Waals surface area contributed by atoms with Crippen molar-refractivity contribution in [3.8, 4) is 0 Å². The molecule has 0 atom stereocenters. The molecule has 0 saturated heterocycles. The van der Waals surface area contributed by atoms with E-state index in [0.29, 0.717) is 10.6 Å². The highest BCUT2D eigenvalue weighted by Gasteiger charge is 2.21. The summed E-state index contributed by atoms with van der Waals surface area (Å²) < 4.78 is 2.48. The van der Waals surface area contributed by atoms with Crippen LogP contribution in [0.5, 0.6) is 0 Å². The number of aryl methyl sites for hydroxylation is 2. The van der Waals surface area contributed by atoms with Gasteiger partial charge in [-0.1, -0.05) is 6.92 Å². The third-order valence-electron chi connectivity index (χ3n) is 2.40. The third kappa shape index (κ3) is 2.32. The van der Waals surface area contributed by atoms with Gasteiger partial charge in [-0.2, -0.15) is 5.10 Å². The first-order chi connectivity index (χ1) is 8.15. The number of thiazole rings is 1. The Labute approximate surface area is 112 Å². The van der Waals surface area contributed by atoms with Crippen LogP contribution in [0.3, 0.4) is 0 Å². The van der Waals surface area contributed by atoms with E-state index in [1.807, 2.05) is 6.92 Å². The topological polar surface area (TPSA) is 47.8 Å². The second-order valence-corrected chi connectivity index (χ2v) is 5.37. The van der Waals surface area contributed by atoms with Crippen LogP contribution in [0.1, 0.15) is 34.4 Å². The van der Waals surface area contributed by atoms with E-state index in [1.165, 1.54) is 11.3 Å². The zero-order valence-corrected chi connectivity index (χ0v) is 12.0. The van der Waals surface area contributed by atoms with Gasteiger partial charge in [-0.05, 0) is 29.3 Å². The highest BCUT2D eigenvalue weighted by molar-refractivity contribution is 9.10. The molecular weight excluding hydrogens is 302 g/mol. The summed E-state index contributed by atoms with van der Waals surface area (Å²) in [6.07, 6.45) is 2.61. The van der Waals surface area contributed by atoms with Crippen molar-refractivity contribution in [2.24, 2.45) is 0 Å². The minimum Gasteiger partial charge on any atom is -0.286 e. The number of halogens is 1. The van der Waals surface area contributed by atoms with Crippen LogP contribution < -0.4 is 0 Å². The van der Waals surface area contributed by atoms with Gasteiger partial charge in [-0.15, -0.1) is 11.3 Å². The predicted octanol–water partition coefficient (Wildman–Crippen LogP) is 3.05. The summed E-state index contributed by atoms with van der Waals surface area (Å²) in [6.45, 7) is 4.64. The molecule has 0 radical (unpaired) electrons. The Kier molecular flexibility index (Phi) is 3.73. The Morgan fingerprint density at radius 2 is 2.35 bits per heavy atom. The molecule has 0 bridgehead atoms. The standard InChI is InChI=1S/C11H12BrN3OS/c1-3-4-15-9(8(12)5-14-15)10(16)11-7(2)13-6-17-11/h5-6H,3-4H2,1-2H3. The lowest BCUT2D eigenvalue weighted by atomic mass is 10.2. The van der Waals surface area contributed by atoms with Crippen molar-refractivity contribution in [3.05, 3.63) is 32.4 Å². The molecule has 0 aliphatic rings. The van der Waals surface area contributed by atoms with Crippen LogP contribution in [-0.4, -0.2) is 20.5 Å². The van der Waals surface area contributed by atoms with Crippen molar-refractivity contribution >= 4 is 33.0 Å². The van der Waals surface area contributed by atoms with Gasteiger partial charge in [0.2, 0.25) is 5.78 Å². The molecule has 4 nitrogen and oxygen atoms in total. The summed E-state index contributed by atoms with van der Waals surface area (Å²) in [6, 6.07) is 0. The van der Waals surface area contributed by atoms with Crippen LogP contribution in [-0.2, 0) is 6.54 Å². The highest BCUT2D eigenvalue weighted by Crippen LogP contribution is 2.23. The van der Waals surface area contributed by atoms with Crippen molar-refractivity contribution in [3.63, 3.8) is 0 Å². The maximum atomic E-state index is 12.4. The van der Waals surface area contributed by atoms with Crippen LogP contribution >= 0.6 is 27.3 Å². The second-order valence-electron chi connectivity index (χ2n) is 3.66. The van der Waals surface area contributed by atoms with Gasteiger partial charge in [0, 0.05) is 6.54 Å². The molecule has 0 aliphatic carbocycles. The van der Waals surface area contributed by atoms with Crippen molar-refractivity contribution in [1.82, 2.24) is 14.8 Å². The Hall–Kier alpha value is -1.01.